The standard InChI is InChI=1S/C22H22O5S2/c1-16(2)27-21-14-13-20(28(23,24)18-7-5-4-6-8-18)15-22(21)29(25,26)19-11-9-17(3)10-12-19/h4-16H,1-3H3. The van der Waals surface area contributed by atoms with Gasteiger partial charge in [0.15, 0.2) is 0 Å². The van der Waals surface area contributed by atoms with E-state index in [2.05, 4.69) is 0 Å². The van der Waals surface area contributed by atoms with Gasteiger partial charge in [-0.05, 0) is 63.2 Å². The molecule has 0 unspecified atom stereocenters. The monoisotopic (exact) mass is 430 g/mol. The van der Waals surface area contributed by atoms with Crippen LogP contribution in [0.25, 0.3) is 0 Å². The van der Waals surface area contributed by atoms with Crippen molar-refractivity contribution in [2.75, 3.05) is 0 Å². The van der Waals surface area contributed by atoms with E-state index < -0.39 is 19.7 Å². The van der Waals surface area contributed by atoms with E-state index in [0.29, 0.717) is 0 Å². The Morgan fingerprint density at radius 1 is 0.690 bits per heavy atom. The van der Waals surface area contributed by atoms with Gasteiger partial charge in [0.25, 0.3) is 0 Å². The van der Waals surface area contributed by atoms with Crippen LogP contribution < -0.4 is 4.74 Å². The summed E-state index contributed by atoms with van der Waals surface area (Å²) >= 11 is 0. The summed E-state index contributed by atoms with van der Waals surface area (Å²) in [7, 11) is -7.86. The second-order valence-electron chi connectivity index (χ2n) is 6.91. The zero-order chi connectivity index (χ0) is 21.2. The number of benzene rings is 3. The largest absolute Gasteiger partial charge is 0.490 e. The summed E-state index contributed by atoms with van der Waals surface area (Å²) in [5, 5.41) is 0. The maximum atomic E-state index is 13.3. The summed E-state index contributed by atoms with van der Waals surface area (Å²) in [6.45, 7) is 5.41. The van der Waals surface area contributed by atoms with E-state index in [1.165, 1.54) is 42.5 Å². The van der Waals surface area contributed by atoms with Crippen molar-refractivity contribution in [2.45, 2.75) is 46.5 Å². The Bertz CT molecular complexity index is 1210. The lowest BCUT2D eigenvalue weighted by Crippen LogP contribution is -2.12. The molecule has 7 heteroatoms. The number of rotatable bonds is 6. The topological polar surface area (TPSA) is 77.5 Å². The first-order valence-corrected chi connectivity index (χ1v) is 12.0. The summed E-state index contributed by atoms with van der Waals surface area (Å²) in [5.41, 5.74) is 0.919. The Balaban J connectivity index is 2.21. The molecule has 0 saturated heterocycles. The number of ether oxygens (including phenoxy) is 1. The molecule has 0 spiro atoms. The van der Waals surface area contributed by atoms with Crippen LogP contribution in [-0.2, 0) is 19.7 Å². The van der Waals surface area contributed by atoms with Gasteiger partial charge >= 0.3 is 0 Å². The van der Waals surface area contributed by atoms with Gasteiger partial charge in [0, 0.05) is 0 Å². The highest BCUT2D eigenvalue weighted by Gasteiger charge is 2.27. The molecule has 3 aromatic rings. The van der Waals surface area contributed by atoms with Crippen LogP contribution in [0.1, 0.15) is 19.4 Å². The highest BCUT2D eigenvalue weighted by atomic mass is 32.2. The van der Waals surface area contributed by atoms with Gasteiger partial charge in [-0.1, -0.05) is 35.9 Å². The van der Waals surface area contributed by atoms with Gasteiger partial charge in [-0.15, -0.1) is 0 Å². The van der Waals surface area contributed by atoms with Gasteiger partial charge in [0.1, 0.15) is 10.6 Å². The van der Waals surface area contributed by atoms with Crippen molar-refractivity contribution >= 4 is 19.7 Å². The third-order valence-corrected chi connectivity index (χ3v) is 7.82. The molecule has 0 heterocycles. The van der Waals surface area contributed by atoms with Crippen LogP contribution >= 0.6 is 0 Å². The summed E-state index contributed by atoms with van der Waals surface area (Å²) in [6, 6.07) is 18.2. The van der Waals surface area contributed by atoms with Gasteiger partial charge in [-0.2, -0.15) is 0 Å². The van der Waals surface area contributed by atoms with E-state index in [1.54, 1.807) is 44.2 Å². The maximum absolute atomic E-state index is 13.3. The Kier molecular flexibility index (Phi) is 5.82. The normalized spacial score (nSPS) is 12.1. The summed E-state index contributed by atoms with van der Waals surface area (Å²) in [6.07, 6.45) is -0.279. The van der Waals surface area contributed by atoms with Gasteiger partial charge < -0.3 is 4.74 Å². The number of hydrogen-bond donors (Lipinski definition) is 0. The molecule has 0 amide bonds. The van der Waals surface area contributed by atoms with Crippen LogP contribution in [0, 0.1) is 6.92 Å². The van der Waals surface area contributed by atoms with E-state index >= 15 is 0 Å². The Hall–Kier alpha value is -2.64. The Labute approximate surface area is 171 Å². The molecule has 0 aliphatic carbocycles. The molecule has 29 heavy (non-hydrogen) atoms. The molecule has 0 aliphatic rings. The molecule has 0 aliphatic heterocycles. The minimum Gasteiger partial charge on any atom is -0.490 e. The zero-order valence-electron chi connectivity index (χ0n) is 16.4. The van der Waals surface area contributed by atoms with Crippen molar-refractivity contribution in [2.24, 2.45) is 0 Å². The van der Waals surface area contributed by atoms with Crippen molar-refractivity contribution in [3.8, 4) is 5.75 Å². The first-order chi connectivity index (χ1) is 13.6. The molecule has 0 bridgehead atoms. The van der Waals surface area contributed by atoms with E-state index in [-0.39, 0.29) is 31.4 Å². The Morgan fingerprint density at radius 3 is 1.83 bits per heavy atom. The lowest BCUT2D eigenvalue weighted by atomic mass is 10.2. The molecular weight excluding hydrogens is 408 g/mol. The predicted octanol–water partition coefficient (Wildman–Crippen LogP) is 4.45. The van der Waals surface area contributed by atoms with Gasteiger partial charge in [-0.3, -0.25) is 0 Å². The number of hydrogen-bond acceptors (Lipinski definition) is 5. The molecule has 5 nitrogen and oxygen atoms in total. The van der Waals surface area contributed by atoms with Crippen molar-refractivity contribution in [3.05, 3.63) is 78.4 Å². The average Bonchev–Trinajstić information content (AvgIpc) is 2.68. The van der Waals surface area contributed by atoms with Gasteiger partial charge in [0.05, 0.1) is 20.8 Å². The van der Waals surface area contributed by atoms with E-state index in [0.717, 1.165) is 5.56 Å². The van der Waals surface area contributed by atoms with Crippen molar-refractivity contribution in [1.29, 1.82) is 0 Å². The molecule has 0 atom stereocenters. The lowest BCUT2D eigenvalue weighted by Gasteiger charge is -2.16. The second-order valence-corrected chi connectivity index (χ2v) is 10.8. The minimum atomic E-state index is -3.99. The van der Waals surface area contributed by atoms with Crippen LogP contribution in [0.3, 0.4) is 0 Å². The fourth-order valence-corrected chi connectivity index (χ4v) is 5.59. The van der Waals surface area contributed by atoms with E-state index in [4.69, 9.17) is 4.74 Å². The van der Waals surface area contributed by atoms with Crippen LogP contribution in [-0.4, -0.2) is 22.9 Å². The molecule has 0 N–H and O–H groups in total. The van der Waals surface area contributed by atoms with Crippen LogP contribution in [0.5, 0.6) is 5.75 Å². The molecule has 3 rings (SSSR count). The molecule has 0 aromatic heterocycles. The fourth-order valence-electron chi connectivity index (χ4n) is 2.80. The summed E-state index contributed by atoms with van der Waals surface area (Å²) in [4.78, 5) is -0.111. The minimum absolute atomic E-state index is 0.0750. The smallest absolute Gasteiger partial charge is 0.210 e. The molecule has 0 saturated carbocycles. The highest BCUT2D eigenvalue weighted by molar-refractivity contribution is 7.92. The van der Waals surface area contributed by atoms with Gasteiger partial charge in [-0.25, -0.2) is 16.8 Å². The molecule has 0 radical (unpaired) electrons. The third-order valence-electron chi connectivity index (χ3n) is 4.26. The van der Waals surface area contributed by atoms with Gasteiger partial charge in [0.2, 0.25) is 19.7 Å². The third kappa shape index (κ3) is 4.36. The quantitative estimate of drug-likeness (QED) is 0.577. The summed E-state index contributed by atoms with van der Waals surface area (Å²) in [5.74, 6) is 0.118. The number of sulfone groups is 2. The predicted molar refractivity (Wildman–Crippen MR) is 111 cm³/mol. The van der Waals surface area contributed by atoms with Crippen LogP contribution in [0.4, 0.5) is 0 Å². The van der Waals surface area contributed by atoms with E-state index in [9.17, 15) is 16.8 Å². The number of aryl methyl sites for hydroxylation is 1. The second kappa shape index (κ2) is 8.00. The van der Waals surface area contributed by atoms with Crippen LogP contribution in [0.2, 0.25) is 0 Å². The van der Waals surface area contributed by atoms with E-state index in [1.807, 2.05) is 6.92 Å². The summed E-state index contributed by atoms with van der Waals surface area (Å²) < 4.78 is 58.2. The first-order valence-electron chi connectivity index (χ1n) is 9.05. The Morgan fingerprint density at radius 2 is 1.24 bits per heavy atom. The fraction of sp³-hybridized carbons (Fsp3) is 0.182. The highest BCUT2D eigenvalue weighted by Crippen LogP contribution is 2.34. The molecule has 3 aromatic carbocycles. The molecular formula is C22H22O5S2. The van der Waals surface area contributed by atoms with Crippen molar-refractivity contribution in [1.82, 2.24) is 0 Å². The lowest BCUT2D eigenvalue weighted by molar-refractivity contribution is 0.236. The molecule has 152 valence electrons. The maximum Gasteiger partial charge on any atom is 0.210 e. The van der Waals surface area contributed by atoms with Crippen molar-refractivity contribution < 1.29 is 21.6 Å². The molecule has 0 fully saturated rings. The van der Waals surface area contributed by atoms with Crippen LogP contribution in [0.15, 0.2) is 92.4 Å². The SMILES string of the molecule is Cc1ccc(S(=O)(=O)c2cc(S(=O)(=O)c3ccccc3)ccc2OC(C)C)cc1. The van der Waals surface area contributed by atoms with Crippen molar-refractivity contribution in [3.63, 3.8) is 0 Å². The first kappa shape index (κ1) is 21.1. The zero-order valence-corrected chi connectivity index (χ0v) is 18.0. The average molecular weight is 431 g/mol.